The van der Waals surface area contributed by atoms with Gasteiger partial charge in [-0.3, -0.25) is 0 Å². The molecule has 1 aromatic heterocycles. The van der Waals surface area contributed by atoms with Gasteiger partial charge in [0.25, 0.3) is 0 Å². The van der Waals surface area contributed by atoms with E-state index >= 15 is 0 Å². The molecule has 1 heterocycles. The van der Waals surface area contributed by atoms with Crippen LogP contribution >= 0.6 is 11.8 Å². The fourth-order valence-electron chi connectivity index (χ4n) is 0.698. The average molecular weight is 171 g/mol. The summed E-state index contributed by atoms with van der Waals surface area (Å²) >= 11 is 1.85. The first-order valence-electron chi connectivity index (χ1n) is 3.59. The number of imidazole rings is 1. The Bertz CT molecular complexity index is 219. The third kappa shape index (κ3) is 2.84. The molecule has 3 N–H and O–H groups in total. The first-order valence-corrected chi connectivity index (χ1v) is 4.64. The summed E-state index contributed by atoms with van der Waals surface area (Å²) < 4.78 is 0. The van der Waals surface area contributed by atoms with Crippen LogP contribution in [0.5, 0.6) is 0 Å². The quantitative estimate of drug-likeness (QED) is 0.726. The van der Waals surface area contributed by atoms with Gasteiger partial charge in [0.2, 0.25) is 0 Å². The Balaban J connectivity index is 2.39. The molecule has 0 atom stereocenters. The van der Waals surface area contributed by atoms with E-state index in [4.69, 9.17) is 5.73 Å². The highest BCUT2D eigenvalue weighted by atomic mass is 32.2. The fourth-order valence-corrected chi connectivity index (χ4v) is 1.34. The molecule has 0 fully saturated rings. The third-order valence-corrected chi connectivity index (χ3v) is 2.31. The highest BCUT2D eigenvalue weighted by Crippen LogP contribution is 2.14. The van der Waals surface area contributed by atoms with E-state index in [1.54, 1.807) is 6.20 Å². The summed E-state index contributed by atoms with van der Waals surface area (Å²) in [5.74, 6) is 2.51. The lowest BCUT2D eigenvalue weighted by molar-refractivity contribution is 1.08. The molecule has 62 valence electrons. The number of H-pyrrole nitrogens is 1. The predicted molar refractivity (Wildman–Crippen MR) is 49.4 cm³/mol. The molecule has 11 heavy (non-hydrogen) atoms. The van der Waals surface area contributed by atoms with Gasteiger partial charge in [0.15, 0.2) is 0 Å². The highest BCUT2D eigenvalue weighted by Gasteiger charge is 1.99. The minimum Gasteiger partial charge on any atom is -0.384 e. The van der Waals surface area contributed by atoms with E-state index in [0.29, 0.717) is 11.1 Å². The molecule has 0 amide bonds. The van der Waals surface area contributed by atoms with Gasteiger partial charge in [-0.05, 0) is 5.25 Å². The average Bonchev–Trinajstić information content (AvgIpc) is 2.31. The number of hydrogen-bond acceptors (Lipinski definition) is 3. The van der Waals surface area contributed by atoms with E-state index in [1.807, 2.05) is 11.8 Å². The second-order valence-corrected chi connectivity index (χ2v) is 4.21. The van der Waals surface area contributed by atoms with Gasteiger partial charge in [0.1, 0.15) is 11.6 Å². The molecule has 0 saturated carbocycles. The number of aromatic amines is 1. The van der Waals surface area contributed by atoms with Crippen molar-refractivity contribution in [2.45, 2.75) is 24.9 Å². The van der Waals surface area contributed by atoms with Crippen LogP contribution in [-0.4, -0.2) is 15.2 Å². The van der Waals surface area contributed by atoms with E-state index in [2.05, 4.69) is 23.8 Å². The van der Waals surface area contributed by atoms with E-state index in [0.717, 1.165) is 11.6 Å². The Labute approximate surface area is 70.8 Å². The monoisotopic (exact) mass is 171 g/mol. The number of nitrogens with zero attached hydrogens (tertiary/aromatic N) is 1. The molecular formula is C7H13N3S. The van der Waals surface area contributed by atoms with Crippen LogP contribution in [0.15, 0.2) is 6.20 Å². The van der Waals surface area contributed by atoms with Crippen molar-refractivity contribution in [1.82, 2.24) is 9.97 Å². The van der Waals surface area contributed by atoms with Crippen molar-refractivity contribution < 1.29 is 0 Å². The Morgan fingerprint density at radius 3 is 2.91 bits per heavy atom. The van der Waals surface area contributed by atoms with Crippen LogP contribution in [0.25, 0.3) is 0 Å². The van der Waals surface area contributed by atoms with Crippen molar-refractivity contribution in [3.63, 3.8) is 0 Å². The van der Waals surface area contributed by atoms with E-state index < -0.39 is 0 Å². The van der Waals surface area contributed by atoms with Crippen molar-refractivity contribution in [3.8, 4) is 0 Å². The van der Waals surface area contributed by atoms with E-state index in [9.17, 15) is 0 Å². The number of anilines is 1. The van der Waals surface area contributed by atoms with Gasteiger partial charge in [-0.15, -0.1) is 0 Å². The number of hydrogen-bond donors (Lipinski definition) is 2. The Morgan fingerprint density at radius 1 is 1.73 bits per heavy atom. The van der Waals surface area contributed by atoms with Crippen LogP contribution in [0.1, 0.15) is 19.7 Å². The maximum Gasteiger partial charge on any atom is 0.120 e. The van der Waals surface area contributed by atoms with Gasteiger partial charge in [-0.1, -0.05) is 13.8 Å². The van der Waals surface area contributed by atoms with Crippen molar-refractivity contribution in [2.75, 3.05) is 5.73 Å². The summed E-state index contributed by atoms with van der Waals surface area (Å²) in [5.41, 5.74) is 5.46. The number of nitrogen functional groups attached to an aromatic ring is 1. The van der Waals surface area contributed by atoms with Crippen LogP contribution in [-0.2, 0) is 5.75 Å². The zero-order valence-corrected chi connectivity index (χ0v) is 7.61. The zero-order valence-electron chi connectivity index (χ0n) is 6.79. The fraction of sp³-hybridized carbons (Fsp3) is 0.571. The van der Waals surface area contributed by atoms with Gasteiger partial charge < -0.3 is 10.7 Å². The molecule has 0 bridgehead atoms. The minimum atomic E-state index is 0.640. The van der Waals surface area contributed by atoms with E-state index in [-0.39, 0.29) is 0 Å². The van der Waals surface area contributed by atoms with Gasteiger partial charge in [-0.2, -0.15) is 11.8 Å². The van der Waals surface area contributed by atoms with Crippen molar-refractivity contribution in [2.24, 2.45) is 0 Å². The highest BCUT2D eigenvalue weighted by molar-refractivity contribution is 7.99. The molecule has 0 unspecified atom stereocenters. The molecule has 0 aliphatic carbocycles. The smallest absolute Gasteiger partial charge is 0.120 e. The lowest BCUT2D eigenvalue weighted by Crippen LogP contribution is -1.91. The van der Waals surface area contributed by atoms with Crippen LogP contribution in [0, 0.1) is 0 Å². The molecule has 0 saturated heterocycles. The Kier molecular flexibility index (Phi) is 2.82. The molecule has 0 spiro atoms. The molecule has 4 heteroatoms. The van der Waals surface area contributed by atoms with Gasteiger partial charge >= 0.3 is 0 Å². The number of thioether (sulfide) groups is 1. The third-order valence-electron chi connectivity index (χ3n) is 1.20. The van der Waals surface area contributed by atoms with Crippen LogP contribution in [0.4, 0.5) is 5.82 Å². The molecule has 1 rings (SSSR count). The van der Waals surface area contributed by atoms with Crippen molar-refractivity contribution in [1.29, 1.82) is 0 Å². The molecule has 0 radical (unpaired) electrons. The lowest BCUT2D eigenvalue weighted by atomic mass is 10.6. The first-order chi connectivity index (χ1) is 5.18. The Morgan fingerprint density at radius 2 is 2.45 bits per heavy atom. The van der Waals surface area contributed by atoms with Crippen LogP contribution in [0.3, 0.4) is 0 Å². The van der Waals surface area contributed by atoms with Gasteiger partial charge in [0, 0.05) is 0 Å². The van der Waals surface area contributed by atoms with Gasteiger partial charge in [0.05, 0.1) is 11.9 Å². The molecule has 3 nitrogen and oxygen atoms in total. The summed E-state index contributed by atoms with van der Waals surface area (Å²) in [6.07, 6.45) is 1.65. The SMILES string of the molecule is CC(C)SCc1ncc(N)[nH]1. The summed E-state index contributed by atoms with van der Waals surface area (Å²) in [5, 5.41) is 0.640. The maximum absolute atomic E-state index is 5.46. The first kappa shape index (κ1) is 8.46. The molecule has 0 aliphatic heterocycles. The summed E-state index contributed by atoms with van der Waals surface area (Å²) in [7, 11) is 0. The molecular weight excluding hydrogens is 158 g/mol. The van der Waals surface area contributed by atoms with Gasteiger partial charge in [-0.25, -0.2) is 4.98 Å². The number of nitrogens with one attached hydrogen (secondary N) is 1. The lowest BCUT2D eigenvalue weighted by Gasteiger charge is -2.00. The number of nitrogens with two attached hydrogens (primary N) is 1. The number of rotatable bonds is 3. The normalized spacial score (nSPS) is 10.8. The second kappa shape index (κ2) is 3.67. The summed E-state index contributed by atoms with van der Waals surface area (Å²) in [6.45, 7) is 4.33. The van der Waals surface area contributed by atoms with Crippen LogP contribution < -0.4 is 5.73 Å². The molecule has 0 aliphatic rings. The molecule has 0 aromatic carbocycles. The largest absolute Gasteiger partial charge is 0.384 e. The Hall–Kier alpha value is -0.640. The van der Waals surface area contributed by atoms with Crippen molar-refractivity contribution in [3.05, 3.63) is 12.0 Å². The maximum atomic E-state index is 5.46. The van der Waals surface area contributed by atoms with E-state index in [1.165, 1.54) is 0 Å². The molecule has 1 aromatic rings. The summed E-state index contributed by atoms with van der Waals surface area (Å²) in [4.78, 5) is 7.06. The standard InChI is InChI=1S/C7H13N3S/c1-5(2)11-4-7-9-3-6(8)10-7/h3,5H,4,8H2,1-2H3,(H,9,10). The minimum absolute atomic E-state index is 0.640. The van der Waals surface area contributed by atoms with Crippen LogP contribution in [0.2, 0.25) is 0 Å². The second-order valence-electron chi connectivity index (χ2n) is 2.64. The predicted octanol–water partition coefficient (Wildman–Crippen LogP) is 1.63. The summed E-state index contributed by atoms with van der Waals surface area (Å²) in [6, 6.07) is 0. The van der Waals surface area contributed by atoms with Crippen molar-refractivity contribution >= 4 is 17.6 Å². The number of aromatic nitrogens is 2. The topological polar surface area (TPSA) is 54.7 Å². The zero-order chi connectivity index (χ0) is 8.27.